The molecule has 1 atom stereocenters. The van der Waals surface area contributed by atoms with E-state index in [0.717, 1.165) is 18.2 Å². The molecule has 0 saturated heterocycles. The van der Waals surface area contributed by atoms with Gasteiger partial charge in [0.15, 0.2) is 6.10 Å². The van der Waals surface area contributed by atoms with Crippen LogP contribution in [0.4, 0.5) is 18.9 Å². The summed E-state index contributed by atoms with van der Waals surface area (Å²) in [5.41, 5.74) is -0.404. The predicted octanol–water partition coefficient (Wildman–Crippen LogP) is 4.81. The number of benzene rings is 2. The zero-order valence-electron chi connectivity index (χ0n) is 14.3. The van der Waals surface area contributed by atoms with E-state index >= 15 is 0 Å². The van der Waals surface area contributed by atoms with Crippen molar-refractivity contribution >= 4 is 23.2 Å². The molecular weight excluding hydrogens is 399 g/mol. The number of hydrogen-bond acceptors (Lipinski definition) is 5. The Hall–Kier alpha value is -3.07. The van der Waals surface area contributed by atoms with Crippen LogP contribution >= 0.6 is 11.6 Å². The highest BCUT2D eigenvalue weighted by atomic mass is 35.5. The number of alkyl halides is 3. The minimum atomic E-state index is -4.55. The first-order valence-corrected chi connectivity index (χ1v) is 8.32. The molecule has 1 N–H and O–H groups in total. The number of anilines is 1. The summed E-state index contributed by atoms with van der Waals surface area (Å²) >= 11 is 5.88. The Morgan fingerprint density at radius 3 is 2.54 bits per heavy atom. The minimum Gasteiger partial charge on any atom is -0.481 e. The number of nitrogens with one attached hydrogen (secondary N) is 1. The summed E-state index contributed by atoms with van der Waals surface area (Å²) in [6.07, 6.45) is -4.34. The fraction of sp³-hybridized carbons (Fsp3) is 0.167. The second-order valence-electron chi connectivity index (χ2n) is 5.71. The number of aromatic nitrogens is 2. The van der Waals surface area contributed by atoms with Gasteiger partial charge < -0.3 is 14.5 Å². The molecule has 0 aliphatic rings. The zero-order chi connectivity index (χ0) is 20.3. The molecule has 0 radical (unpaired) electrons. The highest BCUT2D eigenvalue weighted by molar-refractivity contribution is 6.33. The minimum absolute atomic E-state index is 0.0162. The Morgan fingerprint density at radius 1 is 1.21 bits per heavy atom. The summed E-state index contributed by atoms with van der Waals surface area (Å²) in [7, 11) is 0. The average molecular weight is 412 g/mol. The Bertz CT molecular complexity index is 960. The fourth-order valence-corrected chi connectivity index (χ4v) is 2.43. The molecule has 0 aliphatic heterocycles. The van der Waals surface area contributed by atoms with Gasteiger partial charge in [-0.3, -0.25) is 4.79 Å². The molecule has 0 unspecified atom stereocenters. The van der Waals surface area contributed by atoms with Crippen molar-refractivity contribution in [1.82, 2.24) is 10.2 Å². The summed E-state index contributed by atoms with van der Waals surface area (Å²) in [5, 5.41) is 9.68. The molecule has 1 aromatic heterocycles. The molecule has 2 aromatic carbocycles. The molecule has 0 saturated carbocycles. The van der Waals surface area contributed by atoms with Gasteiger partial charge in [-0.1, -0.05) is 11.6 Å². The van der Waals surface area contributed by atoms with Crippen LogP contribution in [-0.4, -0.2) is 22.2 Å². The largest absolute Gasteiger partial charge is 0.481 e. The monoisotopic (exact) mass is 411 g/mol. The number of amides is 1. The van der Waals surface area contributed by atoms with Crippen LogP contribution in [0.2, 0.25) is 5.02 Å². The SMILES string of the molecule is C[C@H](Oc1ccc(-c2nnco2)cc1)C(=O)Nc1cc(C(F)(F)F)ccc1Cl. The van der Waals surface area contributed by atoms with E-state index < -0.39 is 23.8 Å². The lowest BCUT2D eigenvalue weighted by atomic mass is 10.2. The molecule has 6 nitrogen and oxygen atoms in total. The highest BCUT2D eigenvalue weighted by Crippen LogP contribution is 2.34. The smallest absolute Gasteiger partial charge is 0.416 e. The molecule has 0 aliphatic carbocycles. The summed E-state index contributed by atoms with van der Waals surface area (Å²) < 4.78 is 49.1. The molecular formula is C18H13ClF3N3O3. The summed E-state index contributed by atoms with van der Waals surface area (Å²) in [6.45, 7) is 1.46. The normalized spacial score (nSPS) is 12.5. The number of rotatable bonds is 5. The van der Waals surface area contributed by atoms with E-state index in [-0.39, 0.29) is 10.7 Å². The summed E-state index contributed by atoms with van der Waals surface area (Å²) in [5.74, 6) is 0.0554. The van der Waals surface area contributed by atoms with Crippen molar-refractivity contribution in [3.63, 3.8) is 0 Å². The molecule has 28 heavy (non-hydrogen) atoms. The van der Waals surface area contributed by atoms with E-state index in [4.69, 9.17) is 20.8 Å². The zero-order valence-corrected chi connectivity index (χ0v) is 15.1. The van der Waals surface area contributed by atoms with E-state index in [0.29, 0.717) is 17.2 Å². The number of carbonyl (C=O) groups is 1. The van der Waals surface area contributed by atoms with Gasteiger partial charge in [0, 0.05) is 5.56 Å². The Morgan fingerprint density at radius 2 is 1.93 bits per heavy atom. The second kappa shape index (κ2) is 7.89. The van der Waals surface area contributed by atoms with Crippen LogP contribution in [0.5, 0.6) is 5.75 Å². The molecule has 0 bridgehead atoms. The van der Waals surface area contributed by atoms with Gasteiger partial charge in [-0.25, -0.2) is 0 Å². The Kier molecular flexibility index (Phi) is 5.55. The average Bonchev–Trinajstić information content (AvgIpc) is 3.18. The van der Waals surface area contributed by atoms with Gasteiger partial charge in [0.1, 0.15) is 5.75 Å². The molecule has 10 heteroatoms. The van der Waals surface area contributed by atoms with Crippen molar-refractivity contribution < 1.29 is 27.1 Å². The van der Waals surface area contributed by atoms with Gasteiger partial charge in [-0.2, -0.15) is 13.2 Å². The number of hydrogen-bond donors (Lipinski definition) is 1. The van der Waals surface area contributed by atoms with Gasteiger partial charge in [-0.05, 0) is 49.4 Å². The van der Waals surface area contributed by atoms with Crippen molar-refractivity contribution in [3.8, 4) is 17.2 Å². The van der Waals surface area contributed by atoms with Crippen molar-refractivity contribution in [3.05, 3.63) is 59.4 Å². The van der Waals surface area contributed by atoms with Crippen molar-refractivity contribution in [2.24, 2.45) is 0 Å². The highest BCUT2D eigenvalue weighted by Gasteiger charge is 2.31. The van der Waals surface area contributed by atoms with Crippen LogP contribution in [0.15, 0.2) is 53.3 Å². The van der Waals surface area contributed by atoms with Gasteiger partial charge >= 0.3 is 6.18 Å². The lowest BCUT2D eigenvalue weighted by Crippen LogP contribution is -2.30. The summed E-state index contributed by atoms with van der Waals surface area (Å²) in [4.78, 5) is 12.3. The van der Waals surface area contributed by atoms with E-state index in [1.807, 2.05) is 0 Å². The quantitative estimate of drug-likeness (QED) is 0.651. The van der Waals surface area contributed by atoms with E-state index in [9.17, 15) is 18.0 Å². The Labute approximate surface area is 162 Å². The van der Waals surface area contributed by atoms with Crippen LogP contribution in [0.3, 0.4) is 0 Å². The van der Waals surface area contributed by atoms with Crippen LogP contribution in [0, 0.1) is 0 Å². The lowest BCUT2D eigenvalue weighted by molar-refractivity contribution is -0.137. The maximum Gasteiger partial charge on any atom is 0.416 e. The van der Waals surface area contributed by atoms with Crippen LogP contribution in [-0.2, 0) is 11.0 Å². The topological polar surface area (TPSA) is 77.2 Å². The maximum atomic E-state index is 12.8. The van der Waals surface area contributed by atoms with Crippen LogP contribution < -0.4 is 10.1 Å². The van der Waals surface area contributed by atoms with Crippen molar-refractivity contribution in [1.29, 1.82) is 0 Å². The maximum absolute atomic E-state index is 12.8. The number of halogens is 4. The molecule has 0 fully saturated rings. The van der Waals surface area contributed by atoms with E-state index in [1.54, 1.807) is 24.3 Å². The molecule has 146 valence electrons. The third-order valence-corrected chi connectivity index (χ3v) is 4.02. The van der Waals surface area contributed by atoms with Gasteiger partial charge in [0.05, 0.1) is 16.3 Å². The van der Waals surface area contributed by atoms with Gasteiger partial charge in [0.25, 0.3) is 5.91 Å². The van der Waals surface area contributed by atoms with E-state index in [2.05, 4.69) is 15.5 Å². The molecule has 3 aromatic rings. The Balaban J connectivity index is 1.66. The predicted molar refractivity (Wildman–Crippen MR) is 94.9 cm³/mol. The third kappa shape index (κ3) is 4.61. The number of carbonyl (C=O) groups excluding carboxylic acids is 1. The van der Waals surface area contributed by atoms with Gasteiger partial charge in [-0.15, -0.1) is 10.2 Å². The fourth-order valence-electron chi connectivity index (χ4n) is 2.26. The molecule has 1 heterocycles. The lowest BCUT2D eigenvalue weighted by Gasteiger charge is -2.16. The van der Waals surface area contributed by atoms with Crippen molar-refractivity contribution in [2.45, 2.75) is 19.2 Å². The third-order valence-electron chi connectivity index (χ3n) is 3.69. The van der Waals surface area contributed by atoms with Gasteiger partial charge in [0.2, 0.25) is 12.3 Å². The van der Waals surface area contributed by atoms with Crippen LogP contribution in [0.25, 0.3) is 11.5 Å². The first-order valence-electron chi connectivity index (χ1n) is 7.95. The standard InChI is InChI=1S/C18H13ClF3N3O3/c1-10(28-13-5-2-11(3-6-13)17-25-23-9-27-17)16(26)24-15-8-12(18(20,21)22)4-7-14(15)19/h2-10H,1H3,(H,24,26)/t10-/m0/s1. The number of nitrogens with zero attached hydrogens (tertiary/aromatic N) is 2. The summed E-state index contributed by atoms with van der Waals surface area (Å²) in [6, 6.07) is 9.20. The first kappa shape index (κ1) is 19.7. The second-order valence-corrected chi connectivity index (χ2v) is 6.12. The van der Waals surface area contributed by atoms with Crippen LogP contribution in [0.1, 0.15) is 12.5 Å². The molecule has 1 amide bonds. The first-order chi connectivity index (χ1) is 13.2. The molecule has 3 rings (SSSR count). The van der Waals surface area contributed by atoms with E-state index in [1.165, 1.54) is 13.3 Å². The molecule has 0 spiro atoms. The number of ether oxygens (including phenoxy) is 1. The van der Waals surface area contributed by atoms with Crippen molar-refractivity contribution in [2.75, 3.05) is 5.32 Å².